The van der Waals surface area contributed by atoms with E-state index >= 15 is 0 Å². The summed E-state index contributed by atoms with van der Waals surface area (Å²) in [5.74, 6) is -0.791. The number of imide groups is 1. The van der Waals surface area contributed by atoms with E-state index in [1.165, 1.54) is 0 Å². The lowest BCUT2D eigenvalue weighted by molar-refractivity contribution is -0.136. The van der Waals surface area contributed by atoms with Crippen molar-refractivity contribution in [3.05, 3.63) is 29.3 Å². The van der Waals surface area contributed by atoms with Crippen LogP contribution >= 0.6 is 0 Å². The van der Waals surface area contributed by atoms with Crippen LogP contribution in [0.25, 0.3) is 0 Å². The Morgan fingerprint density at radius 1 is 1.22 bits per heavy atom. The van der Waals surface area contributed by atoms with Crippen molar-refractivity contribution in [1.82, 2.24) is 5.32 Å². The van der Waals surface area contributed by atoms with Gasteiger partial charge in [-0.1, -0.05) is 6.42 Å². The maximum absolute atomic E-state index is 13.1. The fourth-order valence-electron chi connectivity index (χ4n) is 3.93. The van der Waals surface area contributed by atoms with E-state index in [2.05, 4.69) is 5.32 Å². The minimum atomic E-state index is -0.652. The summed E-state index contributed by atoms with van der Waals surface area (Å²) >= 11 is 0. The van der Waals surface area contributed by atoms with Gasteiger partial charge in [-0.05, 0) is 43.0 Å². The molecule has 3 aliphatic rings. The lowest BCUT2D eigenvalue weighted by Gasteiger charge is -2.38. The molecule has 1 atom stereocenters. The van der Waals surface area contributed by atoms with Crippen molar-refractivity contribution in [1.29, 1.82) is 0 Å². The highest BCUT2D eigenvalue weighted by molar-refractivity contribution is 6.14. The van der Waals surface area contributed by atoms with E-state index in [1.807, 2.05) is 0 Å². The number of carbonyl (C=O) groups is 4. The molecular formula is C17H16N2O4. The molecule has 1 N–H and O–H groups in total. The van der Waals surface area contributed by atoms with Crippen molar-refractivity contribution in [3.8, 4) is 0 Å². The number of nitrogens with one attached hydrogen (secondary N) is 1. The van der Waals surface area contributed by atoms with E-state index in [4.69, 9.17) is 0 Å². The van der Waals surface area contributed by atoms with Gasteiger partial charge in [0.15, 0.2) is 0 Å². The number of hydrogen-bond donors (Lipinski definition) is 1. The van der Waals surface area contributed by atoms with Gasteiger partial charge in [0.2, 0.25) is 17.7 Å². The molecule has 2 aliphatic heterocycles. The molecule has 1 spiro atoms. The van der Waals surface area contributed by atoms with E-state index in [1.54, 1.807) is 23.1 Å². The first-order chi connectivity index (χ1) is 11.1. The van der Waals surface area contributed by atoms with Gasteiger partial charge in [-0.25, -0.2) is 0 Å². The Hall–Kier alpha value is -2.50. The van der Waals surface area contributed by atoms with Gasteiger partial charge in [-0.2, -0.15) is 0 Å². The van der Waals surface area contributed by atoms with Crippen LogP contribution in [0.4, 0.5) is 5.69 Å². The van der Waals surface area contributed by atoms with Crippen LogP contribution in [0, 0.1) is 0 Å². The molecule has 0 radical (unpaired) electrons. The predicted octanol–water partition coefficient (Wildman–Crippen LogP) is 1.07. The lowest BCUT2D eigenvalue weighted by Crippen LogP contribution is -2.56. The molecule has 1 aliphatic carbocycles. The molecule has 0 bridgehead atoms. The average Bonchev–Trinajstić information content (AvgIpc) is 2.75. The Labute approximate surface area is 132 Å². The minimum absolute atomic E-state index is 0.0729. The van der Waals surface area contributed by atoms with Gasteiger partial charge in [0.25, 0.3) is 0 Å². The van der Waals surface area contributed by atoms with E-state index in [0.717, 1.165) is 31.1 Å². The van der Waals surface area contributed by atoms with Crippen LogP contribution in [-0.4, -0.2) is 30.0 Å². The van der Waals surface area contributed by atoms with E-state index in [-0.39, 0.29) is 18.2 Å². The molecule has 1 saturated heterocycles. The Kier molecular flexibility index (Phi) is 2.91. The standard InChI is InChI=1S/C17H16N2O4/c20-9-10-2-3-12-11(8-10)17(6-1-7-17)16(23)19(12)13-4-5-14(21)18-15(13)22/h2-3,8-9,13H,1,4-7H2,(H,18,21,22). The van der Waals surface area contributed by atoms with Crippen LogP contribution in [0.5, 0.6) is 0 Å². The number of rotatable bonds is 2. The topological polar surface area (TPSA) is 83.6 Å². The maximum atomic E-state index is 13.1. The van der Waals surface area contributed by atoms with Crippen LogP contribution in [0.2, 0.25) is 0 Å². The quantitative estimate of drug-likeness (QED) is 0.654. The number of carbonyl (C=O) groups excluding carboxylic acids is 4. The smallest absolute Gasteiger partial charge is 0.249 e. The van der Waals surface area contributed by atoms with Crippen LogP contribution < -0.4 is 10.2 Å². The fourth-order valence-corrected chi connectivity index (χ4v) is 3.93. The number of hydrogen-bond acceptors (Lipinski definition) is 4. The van der Waals surface area contributed by atoms with Gasteiger partial charge in [0, 0.05) is 17.7 Å². The van der Waals surface area contributed by atoms with Crippen LogP contribution in [0.15, 0.2) is 18.2 Å². The zero-order valence-corrected chi connectivity index (χ0v) is 12.5. The van der Waals surface area contributed by atoms with Crippen LogP contribution in [-0.2, 0) is 19.8 Å². The van der Waals surface area contributed by atoms with Crippen molar-refractivity contribution in [2.24, 2.45) is 0 Å². The highest BCUT2D eigenvalue weighted by Crippen LogP contribution is 2.54. The normalized spacial score (nSPS) is 25.1. The summed E-state index contributed by atoms with van der Waals surface area (Å²) < 4.78 is 0. The first kappa shape index (κ1) is 14.1. The number of fused-ring (bicyclic) bond motifs is 2. The third-order valence-electron chi connectivity index (χ3n) is 5.29. The highest BCUT2D eigenvalue weighted by Gasteiger charge is 2.56. The molecule has 3 amide bonds. The summed E-state index contributed by atoms with van der Waals surface area (Å²) in [5, 5.41) is 2.32. The van der Waals surface area contributed by atoms with Crippen molar-refractivity contribution >= 4 is 29.7 Å². The number of aldehydes is 1. The monoisotopic (exact) mass is 312 g/mol. The van der Waals surface area contributed by atoms with Gasteiger partial charge in [-0.15, -0.1) is 0 Å². The largest absolute Gasteiger partial charge is 0.299 e. The van der Waals surface area contributed by atoms with Crippen LogP contribution in [0.3, 0.4) is 0 Å². The SMILES string of the molecule is O=Cc1ccc2c(c1)C1(CCC1)C(=O)N2C1CCC(=O)NC1=O. The number of benzene rings is 1. The first-order valence-corrected chi connectivity index (χ1v) is 7.84. The molecule has 2 fully saturated rings. The number of piperidine rings is 1. The van der Waals surface area contributed by atoms with Gasteiger partial charge in [0.1, 0.15) is 12.3 Å². The van der Waals surface area contributed by atoms with Gasteiger partial charge in [-0.3, -0.25) is 29.4 Å². The summed E-state index contributed by atoms with van der Waals surface area (Å²) in [6.45, 7) is 0. The van der Waals surface area contributed by atoms with Crippen molar-refractivity contribution in [2.75, 3.05) is 4.90 Å². The molecule has 0 aromatic heterocycles. The second kappa shape index (κ2) is 4.75. The third kappa shape index (κ3) is 1.81. The van der Waals surface area contributed by atoms with Gasteiger partial charge in [0.05, 0.1) is 5.41 Å². The zero-order valence-electron chi connectivity index (χ0n) is 12.5. The zero-order chi connectivity index (χ0) is 16.2. The minimum Gasteiger partial charge on any atom is -0.299 e. The van der Waals surface area contributed by atoms with Crippen molar-refractivity contribution in [3.63, 3.8) is 0 Å². The summed E-state index contributed by atoms with van der Waals surface area (Å²) in [7, 11) is 0. The lowest BCUT2D eigenvalue weighted by atomic mass is 9.65. The molecule has 1 saturated carbocycles. The summed E-state index contributed by atoms with van der Waals surface area (Å²) in [4.78, 5) is 49.3. The maximum Gasteiger partial charge on any atom is 0.249 e. The number of nitrogens with zero attached hydrogens (tertiary/aromatic N) is 1. The second-order valence-electron chi connectivity index (χ2n) is 6.47. The number of amides is 3. The summed E-state index contributed by atoms with van der Waals surface area (Å²) in [6, 6.07) is 4.52. The Morgan fingerprint density at radius 3 is 2.61 bits per heavy atom. The van der Waals surface area contributed by atoms with E-state index < -0.39 is 17.4 Å². The molecule has 23 heavy (non-hydrogen) atoms. The van der Waals surface area contributed by atoms with E-state index in [9.17, 15) is 19.2 Å². The summed E-state index contributed by atoms with van der Waals surface area (Å²) in [6.07, 6.45) is 3.78. The molecule has 118 valence electrons. The van der Waals surface area contributed by atoms with Crippen molar-refractivity contribution in [2.45, 2.75) is 43.6 Å². The molecule has 4 rings (SSSR count). The fraction of sp³-hybridized carbons (Fsp3) is 0.412. The summed E-state index contributed by atoms with van der Waals surface area (Å²) in [5.41, 5.74) is 1.50. The molecule has 1 aromatic rings. The molecule has 1 aromatic carbocycles. The molecule has 1 unspecified atom stereocenters. The molecule has 6 nitrogen and oxygen atoms in total. The number of anilines is 1. The van der Waals surface area contributed by atoms with Crippen molar-refractivity contribution < 1.29 is 19.2 Å². The highest BCUT2D eigenvalue weighted by atomic mass is 16.2. The molecular weight excluding hydrogens is 296 g/mol. The van der Waals surface area contributed by atoms with Gasteiger partial charge >= 0.3 is 0 Å². The van der Waals surface area contributed by atoms with Gasteiger partial charge < -0.3 is 0 Å². The first-order valence-electron chi connectivity index (χ1n) is 7.84. The van der Waals surface area contributed by atoms with E-state index in [0.29, 0.717) is 17.7 Å². The van der Waals surface area contributed by atoms with Crippen LogP contribution in [0.1, 0.15) is 48.0 Å². The Bertz CT molecular complexity index is 751. The average molecular weight is 312 g/mol. The Balaban J connectivity index is 1.80. The third-order valence-corrected chi connectivity index (χ3v) is 5.29. The second-order valence-corrected chi connectivity index (χ2v) is 6.47. The predicted molar refractivity (Wildman–Crippen MR) is 81.0 cm³/mol. The molecule has 2 heterocycles. The molecule has 6 heteroatoms. The Morgan fingerprint density at radius 2 is 2.00 bits per heavy atom.